The van der Waals surface area contributed by atoms with Crippen molar-refractivity contribution in [3.8, 4) is 40.5 Å². The summed E-state index contributed by atoms with van der Waals surface area (Å²) in [5.41, 5.74) is 15.2. The van der Waals surface area contributed by atoms with Crippen molar-refractivity contribution in [2.24, 2.45) is 0 Å². The van der Waals surface area contributed by atoms with Gasteiger partial charge in [-0.2, -0.15) is 15.8 Å². The molecule has 3 aliphatic rings. The molecule has 0 bridgehead atoms. The van der Waals surface area contributed by atoms with E-state index in [1.807, 2.05) is 30.4 Å². The molecule has 6 aromatic rings. The van der Waals surface area contributed by atoms with Gasteiger partial charge in [-0.15, -0.1) is 0 Å². The molecule has 0 fully saturated rings. The van der Waals surface area contributed by atoms with Crippen molar-refractivity contribution >= 4 is 33.5 Å². The maximum absolute atomic E-state index is 10.4. The van der Waals surface area contributed by atoms with Crippen LogP contribution < -0.4 is 4.90 Å². The minimum absolute atomic E-state index is 0.0946. The number of rotatable bonds is 4. The number of hydrogen-bond donors (Lipinski definition) is 0. The molecule has 2 aliphatic carbocycles. The SMILES string of the molecule is N#CC1=CC(c2ccccc2-c2ccccc2N2Cc3ccccc3-c3ccccc32)CC(n2c3c(c4cc(C#N)ccc42)CCC=C3C#N)=C1. The molecule has 0 radical (unpaired) electrons. The van der Waals surface area contributed by atoms with E-state index in [1.165, 1.54) is 22.4 Å². The lowest BCUT2D eigenvalue weighted by Crippen LogP contribution is -2.22. The Morgan fingerprint density at radius 2 is 1.35 bits per heavy atom. The standard InChI is InChI=1S/C46H31N5/c47-26-30-20-21-45-42(24-30)41-17-9-11-32(28-49)46(41)51(45)35-23-31(27-48)22-34(25-35)37-13-3-4-14-38(37)40-16-6-8-19-44(40)50-29-33-10-1-2-12-36(33)39-15-5-7-18-43(39)50/h1-8,10-16,18-24,34H,9,17,25,29H2. The van der Waals surface area contributed by atoms with Gasteiger partial charge in [-0.25, -0.2) is 0 Å². The molecule has 0 spiro atoms. The molecule has 2 heterocycles. The van der Waals surface area contributed by atoms with Crippen LogP contribution in [0.1, 0.15) is 46.7 Å². The number of nitrogens with zero attached hydrogens (tertiary/aromatic N) is 5. The van der Waals surface area contributed by atoms with Crippen molar-refractivity contribution in [2.75, 3.05) is 4.90 Å². The Labute approximate surface area is 297 Å². The predicted octanol–water partition coefficient (Wildman–Crippen LogP) is 10.8. The van der Waals surface area contributed by atoms with Crippen molar-refractivity contribution in [3.63, 3.8) is 0 Å². The lowest BCUT2D eigenvalue weighted by atomic mass is 9.83. The molecular weight excluding hydrogens is 623 g/mol. The highest BCUT2D eigenvalue weighted by Crippen LogP contribution is 2.48. The van der Waals surface area contributed by atoms with E-state index in [-0.39, 0.29) is 5.92 Å². The molecule has 0 N–H and O–H groups in total. The molecule has 1 atom stereocenters. The highest BCUT2D eigenvalue weighted by atomic mass is 15.1. The average molecular weight is 654 g/mol. The van der Waals surface area contributed by atoms with E-state index in [0.29, 0.717) is 23.1 Å². The smallest absolute Gasteiger partial charge is 0.101 e. The van der Waals surface area contributed by atoms with Crippen LogP contribution >= 0.6 is 0 Å². The van der Waals surface area contributed by atoms with Crippen LogP contribution in [0.15, 0.2) is 139 Å². The Hall–Kier alpha value is -6.87. The first-order valence-electron chi connectivity index (χ1n) is 17.3. The molecule has 5 aromatic carbocycles. The molecule has 0 amide bonds. The van der Waals surface area contributed by atoms with E-state index >= 15 is 0 Å². The first-order chi connectivity index (χ1) is 25.2. The maximum atomic E-state index is 10.4. The van der Waals surface area contributed by atoms with Gasteiger partial charge in [-0.1, -0.05) is 97.1 Å². The fraction of sp³-hybridized carbons (Fsp3) is 0.109. The van der Waals surface area contributed by atoms with Gasteiger partial charge in [-0.05, 0) is 83.5 Å². The number of nitriles is 3. The number of allylic oxidation sites excluding steroid dienone is 6. The second kappa shape index (κ2) is 12.2. The summed E-state index contributed by atoms with van der Waals surface area (Å²) in [6, 6.07) is 47.4. The summed E-state index contributed by atoms with van der Waals surface area (Å²) in [6.45, 7) is 0.759. The Bertz CT molecular complexity index is 2650. The predicted molar refractivity (Wildman–Crippen MR) is 203 cm³/mol. The second-order valence-electron chi connectivity index (χ2n) is 13.3. The number of aryl methyl sites for hydroxylation is 1. The molecule has 1 unspecified atom stereocenters. The van der Waals surface area contributed by atoms with Crippen LogP contribution in [0.25, 0.3) is 44.4 Å². The summed E-state index contributed by atoms with van der Waals surface area (Å²) in [5.74, 6) is -0.0946. The van der Waals surface area contributed by atoms with Crippen molar-refractivity contribution in [2.45, 2.75) is 31.7 Å². The summed E-state index contributed by atoms with van der Waals surface area (Å²) in [4.78, 5) is 2.43. The van der Waals surface area contributed by atoms with Crippen molar-refractivity contribution < 1.29 is 0 Å². The highest BCUT2D eigenvalue weighted by Gasteiger charge is 2.30. The van der Waals surface area contributed by atoms with Gasteiger partial charge in [0.05, 0.1) is 40.1 Å². The van der Waals surface area contributed by atoms with Gasteiger partial charge in [0.2, 0.25) is 0 Å². The Morgan fingerprint density at radius 1 is 0.667 bits per heavy atom. The van der Waals surface area contributed by atoms with E-state index in [1.54, 1.807) is 0 Å². The minimum Gasteiger partial charge on any atom is -0.336 e. The van der Waals surface area contributed by atoms with Crippen LogP contribution in [0.4, 0.5) is 11.4 Å². The van der Waals surface area contributed by atoms with Gasteiger partial charge in [0, 0.05) is 46.0 Å². The number of hydrogen-bond acceptors (Lipinski definition) is 4. The van der Waals surface area contributed by atoms with Crippen LogP contribution in [0, 0.1) is 34.0 Å². The summed E-state index contributed by atoms with van der Waals surface area (Å²) >= 11 is 0. The quantitative estimate of drug-likeness (QED) is 0.190. The topological polar surface area (TPSA) is 79.5 Å². The fourth-order valence-corrected chi connectivity index (χ4v) is 8.36. The van der Waals surface area contributed by atoms with Crippen LogP contribution in [0.3, 0.4) is 0 Å². The molecule has 1 aliphatic heterocycles. The van der Waals surface area contributed by atoms with E-state index in [9.17, 15) is 15.8 Å². The highest BCUT2D eigenvalue weighted by molar-refractivity contribution is 5.98. The average Bonchev–Trinajstić information content (AvgIpc) is 3.54. The molecule has 5 heteroatoms. The zero-order valence-electron chi connectivity index (χ0n) is 27.8. The first-order valence-corrected chi connectivity index (χ1v) is 17.3. The fourth-order valence-electron chi connectivity index (χ4n) is 8.36. The zero-order chi connectivity index (χ0) is 34.5. The lowest BCUT2D eigenvalue weighted by molar-refractivity contribution is 0.822. The molecule has 5 nitrogen and oxygen atoms in total. The van der Waals surface area contributed by atoms with Gasteiger partial charge in [0.15, 0.2) is 0 Å². The summed E-state index contributed by atoms with van der Waals surface area (Å²) in [6.07, 6.45) is 8.27. The lowest BCUT2D eigenvalue weighted by Gasteiger charge is -2.34. The summed E-state index contributed by atoms with van der Waals surface area (Å²) < 4.78 is 2.18. The molecule has 0 saturated heterocycles. The van der Waals surface area contributed by atoms with Gasteiger partial charge in [-0.3, -0.25) is 0 Å². The number of fused-ring (bicyclic) bond motifs is 6. The van der Waals surface area contributed by atoms with E-state index in [4.69, 9.17) is 0 Å². The molecule has 240 valence electrons. The van der Waals surface area contributed by atoms with Crippen LogP contribution in [-0.4, -0.2) is 4.57 Å². The Morgan fingerprint density at radius 3 is 2.10 bits per heavy atom. The molecule has 0 saturated carbocycles. The van der Waals surface area contributed by atoms with Gasteiger partial charge in [0.1, 0.15) is 6.07 Å². The maximum Gasteiger partial charge on any atom is 0.101 e. The monoisotopic (exact) mass is 653 g/mol. The van der Waals surface area contributed by atoms with Crippen LogP contribution in [0.2, 0.25) is 0 Å². The Kier molecular flexibility index (Phi) is 7.24. The Balaban J connectivity index is 1.17. The molecule has 1 aromatic heterocycles. The number of aromatic nitrogens is 1. The minimum atomic E-state index is -0.0946. The first kappa shape index (κ1) is 30.2. The second-order valence-corrected chi connectivity index (χ2v) is 13.3. The molecule has 51 heavy (non-hydrogen) atoms. The van der Waals surface area contributed by atoms with E-state index in [0.717, 1.165) is 69.6 Å². The van der Waals surface area contributed by atoms with Crippen molar-refractivity contribution in [1.29, 1.82) is 15.8 Å². The summed E-state index contributed by atoms with van der Waals surface area (Å²) in [7, 11) is 0. The number of anilines is 2. The van der Waals surface area contributed by atoms with Gasteiger partial charge in [0.25, 0.3) is 0 Å². The third kappa shape index (κ3) is 4.89. The third-order valence-electron chi connectivity index (χ3n) is 10.5. The number of benzene rings is 5. The van der Waals surface area contributed by atoms with E-state index in [2.05, 4.69) is 131 Å². The van der Waals surface area contributed by atoms with Crippen molar-refractivity contribution in [1.82, 2.24) is 4.57 Å². The van der Waals surface area contributed by atoms with Gasteiger partial charge >= 0.3 is 0 Å². The molecular formula is C46H31N5. The third-order valence-corrected chi connectivity index (χ3v) is 10.5. The van der Waals surface area contributed by atoms with Crippen LogP contribution in [0.5, 0.6) is 0 Å². The largest absolute Gasteiger partial charge is 0.336 e. The van der Waals surface area contributed by atoms with E-state index < -0.39 is 0 Å². The molecule has 9 rings (SSSR count). The van der Waals surface area contributed by atoms with Gasteiger partial charge < -0.3 is 9.47 Å². The normalized spacial score (nSPS) is 16.0. The zero-order valence-corrected chi connectivity index (χ0v) is 27.8. The van der Waals surface area contributed by atoms with Crippen LogP contribution in [-0.2, 0) is 13.0 Å². The number of para-hydroxylation sites is 2. The summed E-state index contributed by atoms with van der Waals surface area (Å²) in [5, 5.41) is 31.4. The van der Waals surface area contributed by atoms with Crippen molar-refractivity contribution in [3.05, 3.63) is 167 Å².